The summed E-state index contributed by atoms with van der Waals surface area (Å²) in [6.45, 7) is 14.5. The van der Waals surface area contributed by atoms with Crippen molar-refractivity contribution in [3.05, 3.63) is 35.9 Å². The molecule has 0 radical (unpaired) electrons. The molecular weight excluding hydrogens is 694 g/mol. The van der Waals surface area contributed by atoms with E-state index >= 15 is 0 Å². The maximum atomic E-state index is 14.3. The lowest BCUT2D eigenvalue weighted by Gasteiger charge is -2.42. The molecule has 0 saturated carbocycles. The Bertz CT molecular complexity index is 1400. The molecule has 1 saturated heterocycles. The second-order valence-electron chi connectivity index (χ2n) is 15.8. The fraction of sp³-hybridized carbons (Fsp3) is 0.725. The SMILES string of the molecule is CC[C@H](C)[C@@H]([C@@H](CC(=O)N1CCC[C@H]1[C@H](OC)[C@@H](C)C(=O)N[C@@H](Cc1ccccc1)C(=O)O)OC)N(C)C(=O)[C@@H](NC(=O)C(C)(NC)C(C)C)C(C)(C)O. The van der Waals surface area contributed by atoms with Gasteiger partial charge in [0.15, 0.2) is 0 Å². The molecule has 1 fully saturated rings. The fourth-order valence-electron chi connectivity index (χ4n) is 7.35. The van der Waals surface area contributed by atoms with Crippen molar-refractivity contribution in [2.75, 3.05) is 34.9 Å². The van der Waals surface area contributed by atoms with Gasteiger partial charge in [0.25, 0.3) is 0 Å². The molecule has 0 bridgehead atoms. The maximum Gasteiger partial charge on any atom is 0.326 e. The van der Waals surface area contributed by atoms with Gasteiger partial charge in [0.2, 0.25) is 23.6 Å². The lowest BCUT2D eigenvalue weighted by molar-refractivity contribution is -0.151. The predicted octanol–water partition coefficient (Wildman–Crippen LogP) is 2.61. The van der Waals surface area contributed by atoms with Crippen LogP contribution < -0.4 is 16.0 Å². The molecule has 0 spiro atoms. The summed E-state index contributed by atoms with van der Waals surface area (Å²) in [5, 5.41) is 29.6. The van der Waals surface area contributed by atoms with Crippen molar-refractivity contribution in [2.45, 2.75) is 135 Å². The summed E-state index contributed by atoms with van der Waals surface area (Å²) in [7, 11) is 6.23. The van der Waals surface area contributed by atoms with Crippen LogP contribution in [0.2, 0.25) is 0 Å². The van der Waals surface area contributed by atoms with Gasteiger partial charge in [-0.3, -0.25) is 19.2 Å². The van der Waals surface area contributed by atoms with Crippen LogP contribution >= 0.6 is 0 Å². The third-order valence-electron chi connectivity index (χ3n) is 11.5. The Morgan fingerprint density at radius 1 is 1.00 bits per heavy atom. The molecular formula is C40H67N5O9. The molecule has 54 heavy (non-hydrogen) atoms. The molecule has 14 heteroatoms. The molecule has 0 aliphatic carbocycles. The van der Waals surface area contributed by atoms with Crippen molar-refractivity contribution in [3.63, 3.8) is 0 Å². The van der Waals surface area contributed by atoms with Crippen LogP contribution in [0.25, 0.3) is 0 Å². The average molecular weight is 762 g/mol. The molecule has 14 nitrogen and oxygen atoms in total. The number of likely N-dealkylation sites (tertiary alicyclic amines) is 1. The zero-order valence-corrected chi connectivity index (χ0v) is 34.5. The highest BCUT2D eigenvalue weighted by Gasteiger charge is 2.46. The van der Waals surface area contributed by atoms with E-state index in [1.165, 1.54) is 33.0 Å². The average Bonchev–Trinajstić information content (AvgIpc) is 3.61. The van der Waals surface area contributed by atoms with E-state index in [0.29, 0.717) is 25.8 Å². The minimum atomic E-state index is -1.63. The second kappa shape index (κ2) is 20.4. The molecule has 1 aromatic rings. The Labute approximate surface area is 322 Å². The van der Waals surface area contributed by atoms with Gasteiger partial charge in [0, 0.05) is 34.2 Å². The van der Waals surface area contributed by atoms with Gasteiger partial charge in [0.1, 0.15) is 12.1 Å². The normalized spacial score (nSPS) is 19.8. The van der Waals surface area contributed by atoms with Crippen LogP contribution in [0.1, 0.15) is 86.6 Å². The minimum Gasteiger partial charge on any atom is -0.480 e. The summed E-state index contributed by atoms with van der Waals surface area (Å²) in [6.07, 6.45) is 0.457. The van der Waals surface area contributed by atoms with E-state index in [4.69, 9.17) is 9.47 Å². The molecule has 2 rings (SSSR count). The number of hydrogen-bond donors (Lipinski definition) is 5. The predicted molar refractivity (Wildman–Crippen MR) is 206 cm³/mol. The van der Waals surface area contributed by atoms with E-state index in [9.17, 15) is 34.2 Å². The molecule has 1 aromatic carbocycles. The Morgan fingerprint density at radius 2 is 1.61 bits per heavy atom. The van der Waals surface area contributed by atoms with Gasteiger partial charge in [0.05, 0.1) is 47.8 Å². The summed E-state index contributed by atoms with van der Waals surface area (Å²) < 4.78 is 11.8. The van der Waals surface area contributed by atoms with Crippen LogP contribution in [0.15, 0.2) is 30.3 Å². The first-order valence-electron chi connectivity index (χ1n) is 19.1. The summed E-state index contributed by atoms with van der Waals surface area (Å²) >= 11 is 0. The standard InChI is InChI=1S/C40H67N5O9/c1-13-25(4)32(44(10)36(48)34(39(6,7)52)43-38(51)40(8,41-9)24(2)3)30(53-11)23-31(46)45-21-17-20-29(45)33(54-12)26(5)35(47)42-28(37(49)50)22-27-18-15-14-16-19-27/h14-16,18-19,24-26,28-30,32-34,41,52H,13,17,20-23H2,1-12H3,(H,42,47)(H,43,51)(H,49,50)/t25-,26+,28-,29-,30+,32-,33+,34+,40?/m0/s1. The number of methoxy groups -OCH3 is 2. The number of aliphatic hydroxyl groups is 1. The number of nitrogens with zero attached hydrogens (tertiary/aromatic N) is 2. The van der Waals surface area contributed by atoms with Gasteiger partial charge in [-0.25, -0.2) is 4.79 Å². The first-order chi connectivity index (χ1) is 25.2. The zero-order chi connectivity index (χ0) is 41.1. The van der Waals surface area contributed by atoms with Crippen LogP contribution in [0.4, 0.5) is 0 Å². The number of rotatable bonds is 21. The van der Waals surface area contributed by atoms with Crippen molar-refractivity contribution < 1.29 is 43.7 Å². The van der Waals surface area contributed by atoms with E-state index in [0.717, 1.165) is 5.56 Å². The second-order valence-corrected chi connectivity index (χ2v) is 15.8. The first kappa shape index (κ1) is 46.6. The topological polar surface area (TPSA) is 187 Å². The maximum absolute atomic E-state index is 14.3. The summed E-state index contributed by atoms with van der Waals surface area (Å²) in [6, 6.07) is 5.53. The first-order valence-corrected chi connectivity index (χ1v) is 19.1. The third-order valence-corrected chi connectivity index (χ3v) is 11.5. The zero-order valence-electron chi connectivity index (χ0n) is 34.5. The molecule has 0 aromatic heterocycles. The monoisotopic (exact) mass is 761 g/mol. The number of likely N-dealkylation sites (N-methyl/N-ethyl adjacent to an activating group) is 2. The highest BCUT2D eigenvalue weighted by Crippen LogP contribution is 2.30. The van der Waals surface area contributed by atoms with Gasteiger partial charge in [-0.15, -0.1) is 0 Å². The number of hydrogen-bond acceptors (Lipinski definition) is 9. The van der Waals surface area contributed by atoms with Crippen molar-refractivity contribution >= 4 is 29.6 Å². The lowest BCUT2D eigenvalue weighted by Crippen LogP contribution is -2.66. The fourth-order valence-corrected chi connectivity index (χ4v) is 7.35. The van der Waals surface area contributed by atoms with Crippen LogP contribution in [0.3, 0.4) is 0 Å². The lowest BCUT2D eigenvalue weighted by atomic mass is 9.86. The third kappa shape index (κ3) is 11.5. The number of carbonyl (C=O) groups is 5. The number of carbonyl (C=O) groups excluding carboxylic acids is 4. The molecule has 306 valence electrons. The summed E-state index contributed by atoms with van der Waals surface area (Å²) in [5.74, 6) is -3.89. The van der Waals surface area contributed by atoms with Crippen LogP contribution in [-0.4, -0.2) is 132 Å². The van der Waals surface area contributed by atoms with E-state index in [1.54, 1.807) is 57.1 Å². The molecule has 9 atom stereocenters. The largest absolute Gasteiger partial charge is 0.480 e. The van der Waals surface area contributed by atoms with Crippen molar-refractivity contribution in [3.8, 4) is 0 Å². The van der Waals surface area contributed by atoms with Gasteiger partial charge in [-0.05, 0) is 58.1 Å². The highest BCUT2D eigenvalue weighted by atomic mass is 16.5. The highest BCUT2D eigenvalue weighted by molar-refractivity contribution is 5.93. The van der Waals surface area contributed by atoms with Crippen molar-refractivity contribution in [1.82, 2.24) is 25.8 Å². The molecule has 4 amide bonds. The molecule has 1 unspecified atom stereocenters. The molecule has 1 aliphatic rings. The van der Waals surface area contributed by atoms with Gasteiger partial charge >= 0.3 is 5.97 Å². The number of nitrogens with one attached hydrogen (secondary N) is 3. The Morgan fingerprint density at radius 3 is 2.09 bits per heavy atom. The summed E-state index contributed by atoms with van der Waals surface area (Å²) in [4.78, 5) is 70.7. The Hall–Kier alpha value is -3.59. The van der Waals surface area contributed by atoms with E-state index in [2.05, 4.69) is 16.0 Å². The molecule has 1 heterocycles. The number of carboxylic acid groups (broad SMARTS) is 1. The van der Waals surface area contributed by atoms with E-state index < -0.39 is 77.1 Å². The number of amides is 4. The summed E-state index contributed by atoms with van der Waals surface area (Å²) in [5.41, 5.74) is -1.87. The van der Waals surface area contributed by atoms with Crippen molar-refractivity contribution in [2.24, 2.45) is 17.8 Å². The van der Waals surface area contributed by atoms with Crippen LogP contribution in [-0.2, 0) is 39.9 Å². The Kier molecular flexibility index (Phi) is 17.6. The van der Waals surface area contributed by atoms with Gasteiger partial charge < -0.3 is 45.4 Å². The number of benzene rings is 1. The van der Waals surface area contributed by atoms with E-state index in [-0.39, 0.29) is 30.6 Å². The number of aliphatic carboxylic acids is 1. The van der Waals surface area contributed by atoms with Crippen LogP contribution in [0, 0.1) is 17.8 Å². The molecule has 5 N–H and O–H groups in total. The molecule has 1 aliphatic heterocycles. The quantitative estimate of drug-likeness (QED) is 0.125. The van der Waals surface area contributed by atoms with Gasteiger partial charge in [-0.1, -0.05) is 71.4 Å². The van der Waals surface area contributed by atoms with Crippen LogP contribution in [0.5, 0.6) is 0 Å². The van der Waals surface area contributed by atoms with Crippen molar-refractivity contribution in [1.29, 1.82) is 0 Å². The van der Waals surface area contributed by atoms with E-state index in [1.807, 2.05) is 33.8 Å². The smallest absolute Gasteiger partial charge is 0.326 e. The Balaban J connectivity index is 2.31. The number of ether oxygens (including phenoxy) is 2. The van der Waals surface area contributed by atoms with Gasteiger partial charge in [-0.2, -0.15) is 0 Å². The minimum absolute atomic E-state index is 0.0838. The number of carboxylic acids is 1.